The van der Waals surface area contributed by atoms with Gasteiger partial charge in [-0.05, 0) is 6.92 Å². The summed E-state index contributed by atoms with van der Waals surface area (Å²) in [7, 11) is -2.99. The third-order valence-electron chi connectivity index (χ3n) is 1.68. The molecule has 0 aliphatic carbocycles. The van der Waals surface area contributed by atoms with Gasteiger partial charge in [-0.25, -0.2) is 8.42 Å². The largest absolute Gasteiger partial charge is 0.355 e. The minimum absolute atomic E-state index is 0.00576. The molecule has 0 fully saturated rings. The summed E-state index contributed by atoms with van der Waals surface area (Å²) in [5.74, 6) is -0.101. The molecule has 5 nitrogen and oxygen atoms in total. The maximum absolute atomic E-state index is 11.0. The molecule has 0 radical (unpaired) electrons. The Labute approximate surface area is 85.0 Å². The molecule has 0 saturated carbocycles. The lowest BCUT2D eigenvalue weighted by Gasteiger charge is -2.06. The molecule has 0 bridgehead atoms. The average Bonchev–Trinajstić information content (AvgIpc) is 2.02. The van der Waals surface area contributed by atoms with Gasteiger partial charge in [-0.1, -0.05) is 6.92 Å². The lowest BCUT2D eigenvalue weighted by molar-refractivity contribution is -0.121. The monoisotopic (exact) mass is 222 g/mol. The van der Waals surface area contributed by atoms with Crippen LogP contribution in [0.15, 0.2) is 0 Å². The summed E-state index contributed by atoms with van der Waals surface area (Å²) in [5, 5.41) is 2.51. The average molecular weight is 222 g/mol. The maximum atomic E-state index is 11.0. The molecule has 0 aromatic rings. The number of rotatable bonds is 6. The van der Waals surface area contributed by atoms with Crippen LogP contribution >= 0.6 is 0 Å². The second-order valence-electron chi connectivity index (χ2n) is 3.27. The van der Waals surface area contributed by atoms with E-state index in [4.69, 9.17) is 5.73 Å². The predicted molar refractivity (Wildman–Crippen MR) is 55.6 cm³/mol. The third-order valence-corrected chi connectivity index (χ3v) is 3.39. The van der Waals surface area contributed by atoms with E-state index >= 15 is 0 Å². The SMILES string of the molecule is CCS(=O)(=O)CCNC(=O)CC(C)N. The molecule has 0 aromatic heterocycles. The van der Waals surface area contributed by atoms with Gasteiger partial charge in [-0.2, -0.15) is 0 Å². The van der Waals surface area contributed by atoms with Crippen LogP contribution in [0.25, 0.3) is 0 Å². The van der Waals surface area contributed by atoms with Crippen LogP contribution < -0.4 is 11.1 Å². The number of carbonyl (C=O) groups excluding carboxylic acids is 1. The Balaban J connectivity index is 3.70. The van der Waals surface area contributed by atoms with E-state index in [9.17, 15) is 13.2 Å². The number of carbonyl (C=O) groups is 1. The van der Waals surface area contributed by atoms with Gasteiger partial charge in [0, 0.05) is 24.8 Å². The highest BCUT2D eigenvalue weighted by Gasteiger charge is 2.08. The summed E-state index contributed by atoms with van der Waals surface area (Å²) in [6.07, 6.45) is 0.228. The highest BCUT2D eigenvalue weighted by molar-refractivity contribution is 7.91. The Morgan fingerprint density at radius 2 is 2.07 bits per heavy atom. The number of hydrogen-bond acceptors (Lipinski definition) is 4. The molecule has 1 unspecified atom stereocenters. The lowest BCUT2D eigenvalue weighted by atomic mass is 10.2. The van der Waals surface area contributed by atoms with Crippen LogP contribution in [0.4, 0.5) is 0 Å². The van der Waals surface area contributed by atoms with Crippen LogP contribution in [0.1, 0.15) is 20.3 Å². The molecule has 0 rings (SSSR count). The molecule has 6 heteroatoms. The fourth-order valence-electron chi connectivity index (χ4n) is 0.855. The quantitative estimate of drug-likeness (QED) is 0.620. The van der Waals surface area contributed by atoms with Gasteiger partial charge in [0.2, 0.25) is 5.91 Å². The first kappa shape index (κ1) is 13.4. The van der Waals surface area contributed by atoms with Gasteiger partial charge < -0.3 is 11.1 Å². The Morgan fingerprint density at radius 1 is 1.50 bits per heavy atom. The minimum Gasteiger partial charge on any atom is -0.355 e. The Hall–Kier alpha value is -0.620. The van der Waals surface area contributed by atoms with Crippen molar-refractivity contribution in [2.45, 2.75) is 26.3 Å². The van der Waals surface area contributed by atoms with Gasteiger partial charge in [-0.3, -0.25) is 4.79 Å². The molecule has 0 aromatic carbocycles. The predicted octanol–water partition coefficient (Wildman–Crippen LogP) is -0.725. The zero-order chi connectivity index (χ0) is 11.2. The molecule has 3 N–H and O–H groups in total. The second-order valence-corrected chi connectivity index (χ2v) is 5.74. The van der Waals surface area contributed by atoms with Crippen molar-refractivity contribution in [3.8, 4) is 0 Å². The van der Waals surface area contributed by atoms with Gasteiger partial charge in [0.1, 0.15) is 0 Å². The van der Waals surface area contributed by atoms with Crippen molar-refractivity contribution >= 4 is 15.7 Å². The normalized spacial score (nSPS) is 13.6. The van der Waals surface area contributed by atoms with E-state index in [1.165, 1.54) is 0 Å². The van der Waals surface area contributed by atoms with Crippen LogP contribution in [0.3, 0.4) is 0 Å². The molecule has 0 spiro atoms. The van der Waals surface area contributed by atoms with Crippen LogP contribution in [0.5, 0.6) is 0 Å². The molecule has 0 aliphatic heterocycles. The van der Waals surface area contributed by atoms with Crippen molar-refractivity contribution in [2.75, 3.05) is 18.1 Å². The van der Waals surface area contributed by atoms with Crippen molar-refractivity contribution in [1.82, 2.24) is 5.32 Å². The van der Waals surface area contributed by atoms with Crippen molar-refractivity contribution in [3.05, 3.63) is 0 Å². The highest BCUT2D eigenvalue weighted by atomic mass is 32.2. The van der Waals surface area contributed by atoms with Crippen molar-refractivity contribution in [1.29, 1.82) is 0 Å². The van der Waals surface area contributed by atoms with Crippen molar-refractivity contribution in [3.63, 3.8) is 0 Å². The van der Waals surface area contributed by atoms with E-state index in [0.717, 1.165) is 0 Å². The molecule has 0 aliphatic rings. The maximum Gasteiger partial charge on any atom is 0.221 e. The standard InChI is InChI=1S/C8H18N2O3S/c1-3-14(12,13)5-4-10-8(11)6-7(2)9/h7H,3-6,9H2,1-2H3,(H,10,11). The Kier molecular flexibility index (Phi) is 5.71. The first-order valence-electron chi connectivity index (χ1n) is 4.60. The Morgan fingerprint density at radius 3 is 2.50 bits per heavy atom. The number of hydrogen-bond donors (Lipinski definition) is 2. The zero-order valence-electron chi connectivity index (χ0n) is 8.62. The van der Waals surface area contributed by atoms with E-state index in [2.05, 4.69) is 5.32 Å². The van der Waals surface area contributed by atoms with Gasteiger partial charge >= 0.3 is 0 Å². The van der Waals surface area contributed by atoms with E-state index < -0.39 is 9.84 Å². The summed E-state index contributed by atoms with van der Waals surface area (Å²) in [5.41, 5.74) is 5.40. The fraction of sp³-hybridized carbons (Fsp3) is 0.875. The molecular weight excluding hydrogens is 204 g/mol. The number of nitrogens with one attached hydrogen (secondary N) is 1. The van der Waals surface area contributed by atoms with Crippen LogP contribution in [-0.2, 0) is 14.6 Å². The first-order chi connectivity index (χ1) is 6.37. The first-order valence-corrected chi connectivity index (χ1v) is 6.42. The summed E-state index contributed by atoms with van der Waals surface area (Å²) in [4.78, 5) is 11.0. The van der Waals surface area contributed by atoms with Gasteiger partial charge in [0.05, 0.1) is 5.75 Å². The van der Waals surface area contributed by atoms with Gasteiger partial charge in [-0.15, -0.1) is 0 Å². The molecular formula is C8H18N2O3S. The minimum atomic E-state index is -2.99. The fourth-order valence-corrected chi connectivity index (χ4v) is 1.56. The van der Waals surface area contributed by atoms with E-state index in [1.807, 2.05) is 0 Å². The number of sulfone groups is 1. The smallest absolute Gasteiger partial charge is 0.221 e. The van der Waals surface area contributed by atoms with Gasteiger partial charge in [0.15, 0.2) is 9.84 Å². The van der Waals surface area contributed by atoms with Crippen molar-refractivity contribution in [2.24, 2.45) is 5.73 Å². The number of amides is 1. The van der Waals surface area contributed by atoms with E-state index in [-0.39, 0.29) is 36.4 Å². The third kappa shape index (κ3) is 6.85. The van der Waals surface area contributed by atoms with Crippen LogP contribution in [0, 0.1) is 0 Å². The highest BCUT2D eigenvalue weighted by Crippen LogP contribution is 1.89. The van der Waals surface area contributed by atoms with Crippen LogP contribution in [-0.4, -0.2) is 38.4 Å². The van der Waals surface area contributed by atoms with E-state index in [0.29, 0.717) is 0 Å². The topological polar surface area (TPSA) is 89.3 Å². The summed E-state index contributed by atoms with van der Waals surface area (Å²) in [6.45, 7) is 3.48. The molecule has 0 heterocycles. The summed E-state index contributed by atoms with van der Waals surface area (Å²) in [6, 6.07) is -0.196. The molecule has 1 atom stereocenters. The second kappa shape index (κ2) is 5.98. The van der Waals surface area contributed by atoms with Crippen molar-refractivity contribution < 1.29 is 13.2 Å². The summed E-state index contributed by atoms with van der Waals surface area (Å²) >= 11 is 0. The summed E-state index contributed by atoms with van der Waals surface area (Å²) < 4.78 is 22.1. The van der Waals surface area contributed by atoms with Gasteiger partial charge in [0.25, 0.3) is 0 Å². The molecule has 1 amide bonds. The lowest BCUT2D eigenvalue weighted by Crippen LogP contribution is -2.33. The number of nitrogens with two attached hydrogens (primary N) is 1. The zero-order valence-corrected chi connectivity index (χ0v) is 9.43. The molecule has 0 saturated heterocycles. The molecule has 84 valence electrons. The Bertz CT molecular complexity index is 272. The van der Waals surface area contributed by atoms with Crippen LogP contribution in [0.2, 0.25) is 0 Å². The molecule has 14 heavy (non-hydrogen) atoms. The van der Waals surface area contributed by atoms with E-state index in [1.54, 1.807) is 13.8 Å².